The standard InChI is InChI=1S/C15H18ClNO/c1-2-3-6-9-18-11-13-10-12-7-4-5-8-14(12)17-15(13)16/h4-5,7-8,10H,2-3,6,9,11H2,1H3. The maximum absolute atomic E-state index is 6.15. The molecule has 0 saturated heterocycles. The van der Waals surface area contributed by atoms with Crippen molar-refractivity contribution in [2.45, 2.75) is 32.8 Å². The topological polar surface area (TPSA) is 22.1 Å². The van der Waals surface area contributed by atoms with Crippen LogP contribution in [0.25, 0.3) is 10.9 Å². The Morgan fingerprint density at radius 1 is 1.22 bits per heavy atom. The zero-order valence-corrected chi connectivity index (χ0v) is 11.4. The van der Waals surface area contributed by atoms with Crippen LogP contribution >= 0.6 is 11.6 Å². The molecule has 0 bridgehead atoms. The van der Waals surface area contributed by atoms with Gasteiger partial charge < -0.3 is 4.74 Å². The smallest absolute Gasteiger partial charge is 0.135 e. The number of para-hydroxylation sites is 1. The minimum absolute atomic E-state index is 0.542. The summed E-state index contributed by atoms with van der Waals surface area (Å²) in [7, 11) is 0. The molecule has 0 radical (unpaired) electrons. The Hall–Kier alpha value is -1.12. The summed E-state index contributed by atoms with van der Waals surface area (Å²) in [5, 5.41) is 1.65. The molecule has 0 aliphatic carbocycles. The van der Waals surface area contributed by atoms with Gasteiger partial charge in [0.05, 0.1) is 12.1 Å². The lowest BCUT2D eigenvalue weighted by molar-refractivity contribution is 0.117. The quantitative estimate of drug-likeness (QED) is 0.561. The van der Waals surface area contributed by atoms with Crippen LogP contribution in [-0.4, -0.2) is 11.6 Å². The minimum Gasteiger partial charge on any atom is -0.377 e. The Bertz CT molecular complexity index is 513. The molecular weight excluding hydrogens is 246 g/mol. The fourth-order valence-electron chi connectivity index (χ4n) is 1.87. The Balaban J connectivity index is 2.01. The summed E-state index contributed by atoms with van der Waals surface area (Å²) >= 11 is 6.15. The second kappa shape index (κ2) is 6.72. The van der Waals surface area contributed by atoms with E-state index in [0.29, 0.717) is 11.8 Å². The monoisotopic (exact) mass is 263 g/mol. The van der Waals surface area contributed by atoms with Crippen LogP contribution < -0.4 is 0 Å². The second-order valence-corrected chi connectivity index (χ2v) is 4.75. The second-order valence-electron chi connectivity index (χ2n) is 4.39. The van der Waals surface area contributed by atoms with Crippen molar-refractivity contribution < 1.29 is 4.74 Å². The number of unbranched alkanes of at least 4 members (excludes halogenated alkanes) is 2. The van der Waals surface area contributed by atoms with Crippen molar-refractivity contribution in [2.75, 3.05) is 6.61 Å². The molecule has 0 N–H and O–H groups in total. The van der Waals surface area contributed by atoms with Crippen LogP contribution in [0.2, 0.25) is 5.15 Å². The fraction of sp³-hybridized carbons (Fsp3) is 0.400. The van der Waals surface area contributed by atoms with Crippen molar-refractivity contribution >= 4 is 22.5 Å². The van der Waals surface area contributed by atoms with E-state index in [0.717, 1.165) is 29.5 Å². The summed E-state index contributed by atoms with van der Waals surface area (Å²) < 4.78 is 5.63. The highest BCUT2D eigenvalue weighted by molar-refractivity contribution is 6.30. The highest BCUT2D eigenvalue weighted by atomic mass is 35.5. The fourth-order valence-corrected chi connectivity index (χ4v) is 2.07. The number of aromatic nitrogens is 1. The summed E-state index contributed by atoms with van der Waals surface area (Å²) in [6.45, 7) is 3.52. The molecule has 96 valence electrons. The summed E-state index contributed by atoms with van der Waals surface area (Å²) in [5.41, 5.74) is 1.89. The molecule has 2 nitrogen and oxygen atoms in total. The van der Waals surface area contributed by atoms with Gasteiger partial charge in [0.25, 0.3) is 0 Å². The van der Waals surface area contributed by atoms with Crippen LogP contribution in [0.1, 0.15) is 31.7 Å². The van der Waals surface area contributed by atoms with E-state index < -0.39 is 0 Å². The highest BCUT2D eigenvalue weighted by Gasteiger charge is 2.04. The Morgan fingerprint density at radius 3 is 2.89 bits per heavy atom. The third-order valence-corrected chi connectivity index (χ3v) is 3.23. The number of hydrogen-bond acceptors (Lipinski definition) is 2. The lowest BCUT2D eigenvalue weighted by atomic mass is 10.2. The van der Waals surface area contributed by atoms with Gasteiger partial charge in [-0.15, -0.1) is 0 Å². The van der Waals surface area contributed by atoms with Gasteiger partial charge >= 0.3 is 0 Å². The van der Waals surface area contributed by atoms with Gasteiger partial charge in [-0.3, -0.25) is 0 Å². The van der Waals surface area contributed by atoms with Crippen LogP contribution in [-0.2, 0) is 11.3 Å². The van der Waals surface area contributed by atoms with Crippen LogP contribution in [0.3, 0.4) is 0 Å². The van der Waals surface area contributed by atoms with Gasteiger partial charge in [0, 0.05) is 17.6 Å². The van der Waals surface area contributed by atoms with E-state index in [4.69, 9.17) is 16.3 Å². The third-order valence-electron chi connectivity index (χ3n) is 2.90. The van der Waals surface area contributed by atoms with Gasteiger partial charge in [0.1, 0.15) is 5.15 Å². The average molecular weight is 264 g/mol. The first-order chi connectivity index (χ1) is 8.81. The maximum Gasteiger partial charge on any atom is 0.135 e. The van der Waals surface area contributed by atoms with Crippen molar-refractivity contribution in [1.29, 1.82) is 0 Å². The lowest BCUT2D eigenvalue weighted by Crippen LogP contribution is -1.97. The largest absolute Gasteiger partial charge is 0.377 e. The first-order valence-electron chi connectivity index (χ1n) is 6.43. The van der Waals surface area contributed by atoms with Gasteiger partial charge in [-0.05, 0) is 18.6 Å². The molecule has 0 fully saturated rings. The maximum atomic E-state index is 6.15. The van der Waals surface area contributed by atoms with Gasteiger partial charge in [-0.2, -0.15) is 0 Å². The normalized spacial score (nSPS) is 11.0. The molecular formula is C15H18ClNO. The molecule has 3 heteroatoms. The Kier molecular flexibility index (Phi) is 4.97. The molecule has 1 aromatic heterocycles. The summed E-state index contributed by atoms with van der Waals surface area (Å²) in [4.78, 5) is 4.38. The molecule has 0 saturated carbocycles. The number of hydrogen-bond donors (Lipinski definition) is 0. The van der Waals surface area contributed by atoms with Gasteiger partial charge in [-0.25, -0.2) is 4.98 Å². The van der Waals surface area contributed by atoms with Crippen LogP contribution in [0, 0.1) is 0 Å². The van der Waals surface area contributed by atoms with Crippen LogP contribution in [0.4, 0.5) is 0 Å². The lowest BCUT2D eigenvalue weighted by Gasteiger charge is -2.07. The van der Waals surface area contributed by atoms with E-state index >= 15 is 0 Å². The molecule has 2 aromatic rings. The van der Waals surface area contributed by atoms with Gasteiger partial charge in [-0.1, -0.05) is 49.6 Å². The zero-order valence-electron chi connectivity index (χ0n) is 10.7. The molecule has 0 unspecified atom stereocenters. The van der Waals surface area contributed by atoms with Crippen LogP contribution in [0.5, 0.6) is 0 Å². The Labute approximate surface area is 113 Å². The van der Waals surface area contributed by atoms with Crippen molar-refractivity contribution in [3.63, 3.8) is 0 Å². The van der Waals surface area contributed by atoms with E-state index in [1.807, 2.05) is 24.3 Å². The summed E-state index contributed by atoms with van der Waals surface area (Å²) in [6, 6.07) is 10.0. The SMILES string of the molecule is CCCCCOCc1cc2ccccc2nc1Cl. The number of pyridine rings is 1. The zero-order chi connectivity index (χ0) is 12.8. The molecule has 0 spiro atoms. The molecule has 2 rings (SSSR count). The minimum atomic E-state index is 0.542. The van der Waals surface area contributed by atoms with E-state index in [1.54, 1.807) is 0 Å². The van der Waals surface area contributed by atoms with E-state index in [9.17, 15) is 0 Å². The van der Waals surface area contributed by atoms with E-state index in [-0.39, 0.29) is 0 Å². The Morgan fingerprint density at radius 2 is 2.06 bits per heavy atom. The van der Waals surface area contributed by atoms with Gasteiger partial charge in [0.2, 0.25) is 0 Å². The number of rotatable bonds is 6. The summed E-state index contributed by atoms with van der Waals surface area (Å²) in [6.07, 6.45) is 3.53. The predicted octanol–water partition coefficient (Wildman–Crippen LogP) is 4.60. The average Bonchev–Trinajstić information content (AvgIpc) is 2.39. The summed E-state index contributed by atoms with van der Waals surface area (Å²) in [5.74, 6) is 0. The van der Waals surface area contributed by atoms with E-state index in [2.05, 4.69) is 18.0 Å². The molecule has 1 aromatic carbocycles. The molecule has 0 amide bonds. The third kappa shape index (κ3) is 3.44. The number of fused-ring (bicyclic) bond motifs is 1. The molecule has 0 aliphatic heterocycles. The first-order valence-corrected chi connectivity index (χ1v) is 6.81. The number of benzene rings is 1. The molecule has 1 heterocycles. The van der Waals surface area contributed by atoms with Gasteiger partial charge in [0.15, 0.2) is 0 Å². The molecule has 18 heavy (non-hydrogen) atoms. The predicted molar refractivity (Wildman–Crippen MR) is 75.9 cm³/mol. The van der Waals surface area contributed by atoms with E-state index in [1.165, 1.54) is 12.8 Å². The van der Waals surface area contributed by atoms with Crippen molar-refractivity contribution in [3.8, 4) is 0 Å². The molecule has 0 atom stereocenters. The van der Waals surface area contributed by atoms with Crippen molar-refractivity contribution in [1.82, 2.24) is 4.98 Å². The van der Waals surface area contributed by atoms with Crippen molar-refractivity contribution in [3.05, 3.63) is 41.0 Å². The number of nitrogens with zero attached hydrogens (tertiary/aromatic N) is 1. The highest BCUT2D eigenvalue weighted by Crippen LogP contribution is 2.21. The number of halogens is 1. The first kappa shape index (κ1) is 13.3. The van der Waals surface area contributed by atoms with Crippen molar-refractivity contribution in [2.24, 2.45) is 0 Å². The number of ether oxygens (including phenoxy) is 1. The van der Waals surface area contributed by atoms with Crippen LogP contribution in [0.15, 0.2) is 30.3 Å². The molecule has 0 aliphatic rings.